The van der Waals surface area contributed by atoms with Gasteiger partial charge < -0.3 is 9.73 Å². The first-order chi connectivity index (χ1) is 8.49. The molecule has 0 fully saturated rings. The van der Waals surface area contributed by atoms with E-state index in [4.69, 9.17) is 9.68 Å². The lowest BCUT2D eigenvalue weighted by Gasteiger charge is -2.21. The van der Waals surface area contributed by atoms with Crippen molar-refractivity contribution < 1.29 is 9.21 Å². The Morgan fingerprint density at radius 1 is 1.44 bits per heavy atom. The van der Waals surface area contributed by atoms with Gasteiger partial charge in [-0.3, -0.25) is 4.79 Å². The second-order valence-electron chi connectivity index (χ2n) is 4.33. The summed E-state index contributed by atoms with van der Waals surface area (Å²) >= 11 is 0. The van der Waals surface area contributed by atoms with E-state index in [1.54, 1.807) is 0 Å². The van der Waals surface area contributed by atoms with Crippen molar-refractivity contribution in [1.29, 1.82) is 5.26 Å². The maximum Gasteiger partial charge on any atom is 0.240 e. The molecule has 0 aliphatic carbocycles. The van der Waals surface area contributed by atoms with Gasteiger partial charge in [-0.25, -0.2) is 4.98 Å². The lowest BCUT2D eigenvalue weighted by Crippen LogP contribution is -2.39. The predicted molar refractivity (Wildman–Crippen MR) is 66.5 cm³/mol. The van der Waals surface area contributed by atoms with Crippen LogP contribution in [-0.4, -0.2) is 10.9 Å². The number of carbonyl (C=O) groups excluding carboxylic acids is 1. The average Bonchev–Trinajstić information content (AvgIpc) is 2.69. The molecule has 0 saturated heterocycles. The van der Waals surface area contributed by atoms with Crippen molar-refractivity contribution >= 4 is 5.91 Å². The fraction of sp³-hybridized carbons (Fsp3) is 0.615. The van der Waals surface area contributed by atoms with Crippen molar-refractivity contribution in [3.05, 3.63) is 17.3 Å². The number of aromatic nitrogens is 1. The SMILES string of the molecule is CCC(C#N)(CC)C(=O)NCc1nc(C)c(C)o1. The number of oxazole rings is 1. The zero-order chi connectivity index (χ0) is 13.8. The third-order valence-corrected chi connectivity index (χ3v) is 3.33. The van der Waals surface area contributed by atoms with E-state index in [-0.39, 0.29) is 12.5 Å². The van der Waals surface area contributed by atoms with Crippen molar-refractivity contribution in [2.45, 2.75) is 47.1 Å². The molecule has 0 aliphatic rings. The molecule has 1 N–H and O–H groups in total. The Bertz CT molecular complexity index is 448. The molecule has 18 heavy (non-hydrogen) atoms. The van der Waals surface area contributed by atoms with Gasteiger partial charge in [-0.2, -0.15) is 5.26 Å². The van der Waals surface area contributed by atoms with Gasteiger partial charge in [0.2, 0.25) is 11.8 Å². The van der Waals surface area contributed by atoms with Crippen LogP contribution in [0.15, 0.2) is 4.42 Å². The van der Waals surface area contributed by atoms with Crippen LogP contribution in [0.25, 0.3) is 0 Å². The minimum atomic E-state index is -0.948. The molecule has 0 saturated carbocycles. The minimum Gasteiger partial charge on any atom is -0.444 e. The highest BCUT2D eigenvalue weighted by atomic mass is 16.4. The number of carbonyl (C=O) groups is 1. The van der Waals surface area contributed by atoms with E-state index in [0.717, 1.165) is 11.5 Å². The van der Waals surface area contributed by atoms with Crippen LogP contribution in [0.1, 0.15) is 44.0 Å². The Balaban J connectivity index is 2.69. The van der Waals surface area contributed by atoms with Crippen LogP contribution < -0.4 is 5.32 Å². The van der Waals surface area contributed by atoms with E-state index in [0.29, 0.717) is 18.7 Å². The van der Waals surface area contributed by atoms with Crippen molar-refractivity contribution in [3.8, 4) is 6.07 Å². The molecular formula is C13H19N3O2. The summed E-state index contributed by atoms with van der Waals surface area (Å²) in [4.78, 5) is 16.2. The van der Waals surface area contributed by atoms with Crippen LogP contribution in [0.4, 0.5) is 0 Å². The fourth-order valence-electron chi connectivity index (χ4n) is 1.72. The minimum absolute atomic E-state index is 0.219. The third-order valence-electron chi connectivity index (χ3n) is 3.33. The second kappa shape index (κ2) is 5.67. The van der Waals surface area contributed by atoms with Gasteiger partial charge in [0.1, 0.15) is 11.2 Å². The molecule has 98 valence electrons. The Kier molecular flexibility index (Phi) is 4.49. The number of rotatable bonds is 5. The van der Waals surface area contributed by atoms with Crippen LogP contribution in [0.2, 0.25) is 0 Å². The summed E-state index contributed by atoms with van der Waals surface area (Å²) in [5.41, 5.74) is -0.131. The molecule has 0 radical (unpaired) electrons. The molecule has 0 aromatic carbocycles. The van der Waals surface area contributed by atoms with Crippen LogP contribution in [0.3, 0.4) is 0 Å². The largest absolute Gasteiger partial charge is 0.444 e. The number of hydrogen-bond acceptors (Lipinski definition) is 4. The Morgan fingerprint density at radius 3 is 2.44 bits per heavy atom. The average molecular weight is 249 g/mol. The first kappa shape index (κ1) is 14.2. The predicted octanol–water partition coefficient (Wildman–Crippen LogP) is 2.24. The summed E-state index contributed by atoms with van der Waals surface area (Å²) in [6.45, 7) is 7.57. The maximum absolute atomic E-state index is 12.0. The number of amides is 1. The zero-order valence-corrected chi connectivity index (χ0v) is 11.3. The van der Waals surface area contributed by atoms with E-state index in [1.807, 2.05) is 27.7 Å². The number of nitrogens with one attached hydrogen (secondary N) is 1. The molecule has 0 unspecified atom stereocenters. The van der Waals surface area contributed by atoms with Gasteiger partial charge >= 0.3 is 0 Å². The Labute approximate surface area is 107 Å². The number of nitrogens with zero attached hydrogens (tertiary/aromatic N) is 2. The molecule has 5 heteroatoms. The van der Waals surface area contributed by atoms with E-state index >= 15 is 0 Å². The molecule has 1 amide bonds. The van der Waals surface area contributed by atoms with E-state index in [9.17, 15) is 4.79 Å². The molecule has 1 rings (SSSR count). The van der Waals surface area contributed by atoms with Gasteiger partial charge in [0, 0.05) is 0 Å². The first-order valence-corrected chi connectivity index (χ1v) is 6.11. The Hall–Kier alpha value is -1.83. The third kappa shape index (κ3) is 2.70. The molecule has 0 atom stereocenters. The van der Waals surface area contributed by atoms with Crippen molar-refractivity contribution in [2.75, 3.05) is 0 Å². The summed E-state index contributed by atoms with van der Waals surface area (Å²) in [5.74, 6) is 0.956. The van der Waals surface area contributed by atoms with Gasteiger partial charge in [-0.05, 0) is 26.7 Å². The Morgan fingerprint density at radius 2 is 2.06 bits per heavy atom. The van der Waals surface area contributed by atoms with Gasteiger partial charge in [-0.1, -0.05) is 13.8 Å². The summed E-state index contributed by atoms with van der Waals surface area (Å²) < 4.78 is 5.37. The quantitative estimate of drug-likeness (QED) is 0.867. The molecule has 5 nitrogen and oxygen atoms in total. The first-order valence-electron chi connectivity index (χ1n) is 6.11. The van der Waals surface area contributed by atoms with Crippen LogP contribution in [0, 0.1) is 30.6 Å². The molecule has 0 spiro atoms. The topological polar surface area (TPSA) is 78.9 Å². The van der Waals surface area contributed by atoms with E-state index in [1.165, 1.54) is 0 Å². The molecular weight excluding hydrogens is 230 g/mol. The highest BCUT2D eigenvalue weighted by Gasteiger charge is 2.34. The van der Waals surface area contributed by atoms with Gasteiger partial charge in [0.05, 0.1) is 18.3 Å². The fourth-order valence-corrected chi connectivity index (χ4v) is 1.72. The zero-order valence-electron chi connectivity index (χ0n) is 11.3. The molecule has 1 heterocycles. The lowest BCUT2D eigenvalue weighted by atomic mass is 9.83. The second-order valence-corrected chi connectivity index (χ2v) is 4.33. The highest BCUT2D eigenvalue weighted by molar-refractivity contribution is 5.85. The smallest absolute Gasteiger partial charge is 0.240 e. The maximum atomic E-state index is 12.0. The lowest BCUT2D eigenvalue weighted by molar-refractivity contribution is -0.128. The summed E-state index contributed by atoms with van der Waals surface area (Å²) in [7, 11) is 0. The number of nitriles is 1. The normalized spacial score (nSPS) is 11.1. The van der Waals surface area contributed by atoms with Gasteiger partial charge in [-0.15, -0.1) is 0 Å². The number of aryl methyl sites for hydroxylation is 2. The molecule has 1 aromatic rings. The molecule has 0 bridgehead atoms. The molecule has 1 aromatic heterocycles. The molecule has 0 aliphatic heterocycles. The standard InChI is InChI=1S/C13H19N3O2/c1-5-13(6-2,8-14)12(17)15-7-11-16-9(3)10(4)18-11/h5-7H2,1-4H3,(H,15,17). The van der Waals surface area contributed by atoms with Crippen molar-refractivity contribution in [2.24, 2.45) is 5.41 Å². The summed E-state index contributed by atoms with van der Waals surface area (Å²) in [6, 6.07) is 2.10. The monoisotopic (exact) mass is 249 g/mol. The van der Waals surface area contributed by atoms with Crippen molar-refractivity contribution in [3.63, 3.8) is 0 Å². The summed E-state index contributed by atoms with van der Waals surface area (Å²) in [5, 5.41) is 11.9. The van der Waals surface area contributed by atoms with Gasteiger partial charge in [0.25, 0.3) is 0 Å². The summed E-state index contributed by atoms with van der Waals surface area (Å²) in [6.07, 6.45) is 0.991. The van der Waals surface area contributed by atoms with Crippen molar-refractivity contribution in [1.82, 2.24) is 10.3 Å². The van der Waals surface area contributed by atoms with E-state index < -0.39 is 5.41 Å². The number of hydrogen-bond donors (Lipinski definition) is 1. The van der Waals surface area contributed by atoms with E-state index in [2.05, 4.69) is 16.4 Å². The van der Waals surface area contributed by atoms with Crippen LogP contribution >= 0.6 is 0 Å². The van der Waals surface area contributed by atoms with Crippen LogP contribution in [0.5, 0.6) is 0 Å². The van der Waals surface area contributed by atoms with Gasteiger partial charge in [0.15, 0.2) is 0 Å². The van der Waals surface area contributed by atoms with Crippen LogP contribution in [-0.2, 0) is 11.3 Å². The highest BCUT2D eigenvalue weighted by Crippen LogP contribution is 2.25.